The number of nitrogens with zero attached hydrogens (tertiary/aromatic N) is 1. The van der Waals surface area contributed by atoms with Crippen LogP contribution in [0.5, 0.6) is 5.75 Å². The molecule has 3 rings (SSSR count). The molecule has 1 aliphatic rings. The molecule has 0 spiro atoms. The first-order chi connectivity index (χ1) is 13.8. The number of terminal acetylenes is 1. The normalized spacial score (nSPS) is 15.3. The Hall–Kier alpha value is -3.56. The molecule has 1 heterocycles. The third-order valence-electron chi connectivity index (χ3n) is 4.43. The van der Waals surface area contributed by atoms with E-state index >= 15 is 0 Å². The van der Waals surface area contributed by atoms with Crippen molar-refractivity contribution in [1.82, 2.24) is 5.32 Å². The molecule has 2 aromatic carbocycles. The fraction of sp³-hybridized carbons (Fsp3) is 0.136. The monoisotopic (exact) mass is 408 g/mol. The summed E-state index contributed by atoms with van der Waals surface area (Å²) in [4.78, 5) is 38.7. The zero-order valence-electron chi connectivity index (χ0n) is 15.8. The van der Waals surface area contributed by atoms with Crippen LogP contribution >= 0.6 is 11.6 Å². The molecule has 0 saturated carbocycles. The Morgan fingerprint density at radius 2 is 1.90 bits per heavy atom. The maximum atomic E-state index is 13.0. The number of halogens is 1. The number of barbiturate groups is 1. The number of nitrogens with one attached hydrogen (secondary N) is 1. The number of urea groups is 1. The highest BCUT2D eigenvalue weighted by atomic mass is 35.5. The molecular weight excluding hydrogens is 392 g/mol. The molecule has 29 heavy (non-hydrogen) atoms. The summed E-state index contributed by atoms with van der Waals surface area (Å²) >= 11 is 6.05. The average molecular weight is 409 g/mol. The standard InChI is InChI=1S/C22H17ClN2O4/c1-4-9-29-19-8-6-16(23)11-15(19)12-18-20(26)24-22(28)25(21(18)27)17-7-5-13(2)14(3)10-17/h1,5-8,10-12H,9H2,2-3H3,(H,24,26,28)/b18-12+. The number of carbonyl (C=O) groups excluding carboxylic acids is 3. The summed E-state index contributed by atoms with van der Waals surface area (Å²) in [5.74, 6) is 1.16. The van der Waals surface area contributed by atoms with Crippen molar-refractivity contribution in [2.24, 2.45) is 0 Å². The Kier molecular flexibility index (Phi) is 5.71. The lowest BCUT2D eigenvalue weighted by atomic mass is 10.0. The number of anilines is 1. The quantitative estimate of drug-likeness (QED) is 0.476. The third kappa shape index (κ3) is 4.15. The van der Waals surface area contributed by atoms with Crippen molar-refractivity contribution in [3.8, 4) is 18.1 Å². The van der Waals surface area contributed by atoms with Gasteiger partial charge in [0.05, 0.1) is 5.69 Å². The third-order valence-corrected chi connectivity index (χ3v) is 4.67. The van der Waals surface area contributed by atoms with Crippen LogP contribution in [0.15, 0.2) is 42.0 Å². The van der Waals surface area contributed by atoms with E-state index in [0.717, 1.165) is 16.0 Å². The van der Waals surface area contributed by atoms with Gasteiger partial charge in [-0.1, -0.05) is 23.6 Å². The number of hydrogen-bond acceptors (Lipinski definition) is 4. The molecule has 0 aliphatic carbocycles. The van der Waals surface area contributed by atoms with Crippen LogP contribution in [0, 0.1) is 26.2 Å². The van der Waals surface area contributed by atoms with Crippen molar-refractivity contribution in [2.75, 3.05) is 11.5 Å². The highest BCUT2D eigenvalue weighted by Crippen LogP contribution is 2.28. The molecule has 0 unspecified atom stereocenters. The average Bonchev–Trinajstić information content (AvgIpc) is 2.67. The van der Waals surface area contributed by atoms with Gasteiger partial charge >= 0.3 is 6.03 Å². The minimum Gasteiger partial charge on any atom is -0.480 e. The molecule has 0 atom stereocenters. The Morgan fingerprint density at radius 3 is 2.59 bits per heavy atom. The van der Waals surface area contributed by atoms with Gasteiger partial charge in [0.1, 0.15) is 17.9 Å². The Morgan fingerprint density at radius 1 is 1.14 bits per heavy atom. The number of aryl methyl sites for hydroxylation is 2. The number of ether oxygens (including phenoxy) is 1. The van der Waals surface area contributed by atoms with E-state index in [1.54, 1.807) is 30.3 Å². The topological polar surface area (TPSA) is 75.7 Å². The number of amides is 4. The fourth-order valence-corrected chi connectivity index (χ4v) is 2.98. The van der Waals surface area contributed by atoms with Crippen molar-refractivity contribution in [3.63, 3.8) is 0 Å². The molecule has 1 aliphatic heterocycles. The van der Waals surface area contributed by atoms with E-state index in [2.05, 4.69) is 11.2 Å². The van der Waals surface area contributed by atoms with Gasteiger partial charge in [0.2, 0.25) is 0 Å². The van der Waals surface area contributed by atoms with Gasteiger partial charge in [-0.2, -0.15) is 0 Å². The van der Waals surface area contributed by atoms with Crippen LogP contribution in [0.1, 0.15) is 16.7 Å². The summed E-state index contributed by atoms with van der Waals surface area (Å²) in [6, 6.07) is 9.07. The Bertz CT molecular complexity index is 1100. The Balaban J connectivity index is 2.05. The molecule has 0 aromatic heterocycles. The zero-order chi connectivity index (χ0) is 21.1. The van der Waals surface area contributed by atoms with Crippen molar-refractivity contribution >= 4 is 41.2 Å². The molecule has 0 radical (unpaired) electrons. The highest BCUT2D eigenvalue weighted by molar-refractivity contribution is 6.39. The van der Waals surface area contributed by atoms with Crippen LogP contribution in [-0.2, 0) is 9.59 Å². The van der Waals surface area contributed by atoms with Crippen molar-refractivity contribution in [3.05, 3.63) is 63.7 Å². The lowest BCUT2D eigenvalue weighted by Gasteiger charge is -2.27. The van der Waals surface area contributed by atoms with Gasteiger partial charge < -0.3 is 4.74 Å². The minimum atomic E-state index is -0.810. The Labute approximate surface area is 173 Å². The lowest BCUT2D eigenvalue weighted by Crippen LogP contribution is -2.54. The second kappa shape index (κ2) is 8.21. The minimum absolute atomic E-state index is 0.00516. The number of carbonyl (C=O) groups is 3. The van der Waals surface area contributed by atoms with Crippen LogP contribution in [-0.4, -0.2) is 24.5 Å². The van der Waals surface area contributed by atoms with Crippen LogP contribution in [0.2, 0.25) is 5.02 Å². The van der Waals surface area contributed by atoms with E-state index in [4.69, 9.17) is 22.8 Å². The first kappa shape index (κ1) is 20.2. The summed E-state index contributed by atoms with van der Waals surface area (Å²) in [6.07, 6.45) is 6.56. The molecule has 2 aromatic rings. The smallest absolute Gasteiger partial charge is 0.335 e. The zero-order valence-corrected chi connectivity index (χ0v) is 16.5. The summed E-state index contributed by atoms with van der Waals surface area (Å²) in [7, 11) is 0. The molecular formula is C22H17ClN2O4. The maximum Gasteiger partial charge on any atom is 0.335 e. The van der Waals surface area contributed by atoms with Gasteiger partial charge in [0.15, 0.2) is 0 Å². The fourth-order valence-electron chi connectivity index (χ4n) is 2.80. The second-order valence-corrected chi connectivity index (χ2v) is 6.84. The number of rotatable bonds is 4. The van der Waals surface area contributed by atoms with E-state index in [1.807, 2.05) is 13.8 Å². The van der Waals surface area contributed by atoms with Crippen LogP contribution < -0.4 is 15.0 Å². The van der Waals surface area contributed by atoms with Gasteiger partial charge in [-0.25, -0.2) is 9.69 Å². The van der Waals surface area contributed by atoms with Gasteiger partial charge in [-0.3, -0.25) is 14.9 Å². The van der Waals surface area contributed by atoms with E-state index in [0.29, 0.717) is 22.0 Å². The molecule has 1 fully saturated rings. The maximum absolute atomic E-state index is 13.0. The van der Waals surface area contributed by atoms with E-state index in [-0.39, 0.29) is 12.2 Å². The van der Waals surface area contributed by atoms with Gasteiger partial charge in [0.25, 0.3) is 11.8 Å². The first-order valence-corrected chi connectivity index (χ1v) is 9.04. The lowest BCUT2D eigenvalue weighted by molar-refractivity contribution is -0.122. The highest BCUT2D eigenvalue weighted by Gasteiger charge is 2.37. The summed E-state index contributed by atoms with van der Waals surface area (Å²) in [5.41, 5.74) is 2.45. The van der Waals surface area contributed by atoms with E-state index < -0.39 is 17.8 Å². The number of benzene rings is 2. The van der Waals surface area contributed by atoms with Crippen LogP contribution in [0.3, 0.4) is 0 Å². The van der Waals surface area contributed by atoms with Gasteiger partial charge in [-0.05, 0) is 61.4 Å². The van der Waals surface area contributed by atoms with Gasteiger partial charge in [0, 0.05) is 10.6 Å². The molecule has 146 valence electrons. The van der Waals surface area contributed by atoms with Crippen molar-refractivity contribution in [1.29, 1.82) is 0 Å². The number of hydrogen-bond donors (Lipinski definition) is 1. The molecule has 1 N–H and O–H groups in total. The van der Waals surface area contributed by atoms with Crippen molar-refractivity contribution < 1.29 is 19.1 Å². The predicted octanol–water partition coefficient (Wildman–Crippen LogP) is 3.64. The van der Waals surface area contributed by atoms with E-state index in [1.165, 1.54) is 12.1 Å². The second-order valence-electron chi connectivity index (χ2n) is 6.40. The summed E-state index contributed by atoms with van der Waals surface area (Å²) in [6.45, 7) is 3.79. The van der Waals surface area contributed by atoms with Gasteiger partial charge in [-0.15, -0.1) is 6.42 Å². The number of imide groups is 2. The van der Waals surface area contributed by atoms with E-state index in [9.17, 15) is 14.4 Å². The van der Waals surface area contributed by atoms with Crippen LogP contribution in [0.4, 0.5) is 10.5 Å². The molecule has 6 nitrogen and oxygen atoms in total. The molecule has 0 bridgehead atoms. The molecule has 7 heteroatoms. The SMILES string of the molecule is C#CCOc1ccc(Cl)cc1/C=C1\C(=O)NC(=O)N(c2ccc(C)c(C)c2)C1=O. The van der Waals surface area contributed by atoms with Crippen LogP contribution in [0.25, 0.3) is 6.08 Å². The largest absolute Gasteiger partial charge is 0.480 e. The molecule has 4 amide bonds. The predicted molar refractivity (Wildman–Crippen MR) is 111 cm³/mol. The first-order valence-electron chi connectivity index (χ1n) is 8.66. The van der Waals surface area contributed by atoms with Crippen molar-refractivity contribution in [2.45, 2.75) is 13.8 Å². The summed E-state index contributed by atoms with van der Waals surface area (Å²) < 4.78 is 5.45. The summed E-state index contributed by atoms with van der Waals surface area (Å²) in [5, 5.41) is 2.58. The molecule has 1 saturated heterocycles.